The number of aromatic amines is 2. The largest absolute Gasteiger partial charge is 0.312 e. The second-order valence-corrected chi connectivity index (χ2v) is 5.88. The maximum Gasteiger partial charge on any atom is 0.261 e. The van der Waals surface area contributed by atoms with Crippen molar-refractivity contribution in [1.29, 1.82) is 0 Å². The van der Waals surface area contributed by atoms with Crippen LogP contribution in [0, 0.1) is 4.77 Å². The topological polar surface area (TPSA) is 69.7 Å². The lowest BCUT2D eigenvalue weighted by atomic mass is 10.0. The van der Waals surface area contributed by atoms with Crippen molar-refractivity contribution in [2.75, 3.05) is 13.6 Å². The van der Waals surface area contributed by atoms with Gasteiger partial charge in [-0.05, 0) is 37.3 Å². The van der Waals surface area contributed by atoms with E-state index in [9.17, 15) is 4.79 Å². The van der Waals surface area contributed by atoms with E-state index in [1.807, 2.05) is 10.6 Å². The second kappa shape index (κ2) is 5.57. The second-order valence-electron chi connectivity index (χ2n) is 5.49. The molecule has 6 nitrogen and oxygen atoms in total. The fourth-order valence-corrected chi connectivity index (χ4v) is 3.03. The van der Waals surface area contributed by atoms with Gasteiger partial charge in [0.25, 0.3) is 5.56 Å². The molecule has 0 fully saturated rings. The predicted octanol–water partition coefficient (Wildman–Crippen LogP) is 1.69. The number of hydrogen-bond donors (Lipinski definition) is 2. The third kappa shape index (κ3) is 2.58. The summed E-state index contributed by atoms with van der Waals surface area (Å²) in [5.41, 5.74) is 2.97. The molecule has 7 heteroatoms. The third-order valence-corrected chi connectivity index (χ3v) is 4.06. The minimum Gasteiger partial charge on any atom is -0.312 e. The van der Waals surface area contributed by atoms with E-state index >= 15 is 0 Å². The van der Waals surface area contributed by atoms with Crippen LogP contribution in [0.15, 0.2) is 10.9 Å². The number of nitrogens with zero attached hydrogens (tertiary/aromatic N) is 3. The Morgan fingerprint density at radius 3 is 2.90 bits per heavy atom. The number of H-pyrrole nitrogens is 2. The molecule has 0 aromatic carbocycles. The molecule has 1 aliphatic rings. The maximum atomic E-state index is 12.8. The standard InChI is InChI=1S/C14H19N5OS/c1-3-5-19-11-4-6-18(2)8-9(11)7-10(13(19)20)12-15-14(21)17-16-12/h7H,3-6,8H2,1-2H3,(H2,15,16,17,21). The summed E-state index contributed by atoms with van der Waals surface area (Å²) in [6.07, 6.45) is 1.85. The highest BCUT2D eigenvalue weighted by molar-refractivity contribution is 7.71. The van der Waals surface area contributed by atoms with Crippen LogP contribution in [0.5, 0.6) is 0 Å². The number of aromatic nitrogens is 4. The Bertz CT molecular complexity index is 772. The van der Waals surface area contributed by atoms with Gasteiger partial charge < -0.3 is 9.47 Å². The van der Waals surface area contributed by atoms with Crippen molar-refractivity contribution in [3.63, 3.8) is 0 Å². The van der Waals surface area contributed by atoms with Gasteiger partial charge >= 0.3 is 0 Å². The lowest BCUT2D eigenvalue weighted by molar-refractivity contribution is 0.304. The van der Waals surface area contributed by atoms with Crippen molar-refractivity contribution in [3.05, 3.63) is 32.4 Å². The van der Waals surface area contributed by atoms with Gasteiger partial charge in [0.2, 0.25) is 4.77 Å². The van der Waals surface area contributed by atoms with Gasteiger partial charge in [-0.25, -0.2) is 0 Å². The van der Waals surface area contributed by atoms with E-state index in [2.05, 4.69) is 34.1 Å². The van der Waals surface area contributed by atoms with Gasteiger partial charge in [-0.3, -0.25) is 15.0 Å². The first-order valence-corrected chi connectivity index (χ1v) is 7.60. The highest BCUT2D eigenvalue weighted by Gasteiger charge is 2.21. The van der Waals surface area contributed by atoms with Crippen molar-refractivity contribution >= 4 is 12.2 Å². The Morgan fingerprint density at radius 2 is 2.24 bits per heavy atom. The molecule has 0 bridgehead atoms. The van der Waals surface area contributed by atoms with Gasteiger partial charge in [-0.2, -0.15) is 4.98 Å². The molecule has 0 unspecified atom stereocenters. The Morgan fingerprint density at radius 1 is 1.43 bits per heavy atom. The van der Waals surface area contributed by atoms with Crippen molar-refractivity contribution in [1.82, 2.24) is 24.6 Å². The predicted molar refractivity (Wildman–Crippen MR) is 83.8 cm³/mol. The van der Waals surface area contributed by atoms with E-state index < -0.39 is 0 Å². The van der Waals surface area contributed by atoms with E-state index in [4.69, 9.17) is 12.2 Å². The zero-order valence-corrected chi connectivity index (χ0v) is 13.1. The monoisotopic (exact) mass is 305 g/mol. The quantitative estimate of drug-likeness (QED) is 0.847. The smallest absolute Gasteiger partial charge is 0.261 e. The number of likely N-dealkylation sites (N-methyl/N-ethyl adjacent to an activating group) is 1. The van der Waals surface area contributed by atoms with E-state index in [0.717, 1.165) is 38.2 Å². The van der Waals surface area contributed by atoms with Gasteiger partial charge in [0.15, 0.2) is 5.82 Å². The van der Waals surface area contributed by atoms with Gasteiger partial charge in [-0.15, -0.1) is 0 Å². The van der Waals surface area contributed by atoms with Crippen molar-refractivity contribution < 1.29 is 0 Å². The highest BCUT2D eigenvalue weighted by Crippen LogP contribution is 2.21. The average molecular weight is 305 g/mol. The molecule has 2 aromatic rings. The summed E-state index contributed by atoms with van der Waals surface area (Å²) in [6.45, 7) is 4.67. The Hall–Kier alpha value is -1.73. The Kier molecular flexibility index (Phi) is 3.77. The van der Waals surface area contributed by atoms with Crippen molar-refractivity contribution in [3.8, 4) is 11.4 Å². The number of rotatable bonds is 3. The molecule has 0 saturated carbocycles. The maximum absolute atomic E-state index is 12.8. The minimum atomic E-state index is 0.0119. The first-order chi connectivity index (χ1) is 10.1. The van der Waals surface area contributed by atoms with Crippen LogP contribution in [0.3, 0.4) is 0 Å². The van der Waals surface area contributed by atoms with Crippen LogP contribution in [-0.2, 0) is 19.5 Å². The van der Waals surface area contributed by atoms with Crippen molar-refractivity contribution in [2.24, 2.45) is 0 Å². The number of nitrogens with one attached hydrogen (secondary N) is 2. The highest BCUT2D eigenvalue weighted by atomic mass is 32.1. The summed E-state index contributed by atoms with van der Waals surface area (Å²) in [5, 5.41) is 5.64. The lowest BCUT2D eigenvalue weighted by Gasteiger charge is -2.28. The minimum absolute atomic E-state index is 0.0119. The fraction of sp³-hybridized carbons (Fsp3) is 0.500. The molecular formula is C14H19N5OS. The summed E-state index contributed by atoms with van der Waals surface area (Å²) in [5.74, 6) is 0.519. The van der Waals surface area contributed by atoms with Gasteiger partial charge in [0, 0.05) is 31.7 Å². The van der Waals surface area contributed by atoms with Crippen LogP contribution in [0.2, 0.25) is 0 Å². The molecule has 0 atom stereocenters. The third-order valence-electron chi connectivity index (χ3n) is 3.86. The first kappa shape index (κ1) is 14.2. The zero-order chi connectivity index (χ0) is 15.0. The molecule has 0 spiro atoms. The summed E-state index contributed by atoms with van der Waals surface area (Å²) in [6, 6.07) is 1.96. The van der Waals surface area contributed by atoms with Gasteiger partial charge in [0.1, 0.15) is 0 Å². The molecular weight excluding hydrogens is 286 g/mol. The normalized spacial score (nSPS) is 15.1. The number of hydrogen-bond acceptors (Lipinski definition) is 4. The first-order valence-electron chi connectivity index (χ1n) is 7.19. The van der Waals surface area contributed by atoms with Gasteiger partial charge in [0.05, 0.1) is 5.56 Å². The molecule has 0 saturated heterocycles. The Balaban J connectivity index is 2.22. The summed E-state index contributed by atoms with van der Waals surface area (Å²) >= 11 is 4.98. The van der Waals surface area contributed by atoms with Crippen LogP contribution in [0.4, 0.5) is 0 Å². The van der Waals surface area contributed by atoms with Crippen LogP contribution in [-0.4, -0.2) is 38.2 Å². The molecule has 2 aromatic heterocycles. The van der Waals surface area contributed by atoms with E-state index in [0.29, 0.717) is 16.2 Å². The lowest BCUT2D eigenvalue weighted by Crippen LogP contribution is -2.34. The van der Waals surface area contributed by atoms with Crippen molar-refractivity contribution in [2.45, 2.75) is 32.9 Å². The van der Waals surface area contributed by atoms with Crippen LogP contribution >= 0.6 is 12.2 Å². The summed E-state index contributed by atoms with van der Waals surface area (Å²) < 4.78 is 2.27. The van der Waals surface area contributed by atoms with E-state index in [1.54, 1.807) is 0 Å². The SMILES string of the molecule is CCCn1c2c(cc(-c3nc(=S)[nH][nH]3)c1=O)CN(C)CC2. The summed E-state index contributed by atoms with van der Waals surface area (Å²) in [7, 11) is 2.10. The Labute approximate surface area is 127 Å². The number of fused-ring (bicyclic) bond motifs is 1. The molecule has 0 amide bonds. The average Bonchev–Trinajstić information content (AvgIpc) is 2.88. The van der Waals surface area contributed by atoms with Crippen LogP contribution < -0.4 is 5.56 Å². The number of pyridine rings is 1. The van der Waals surface area contributed by atoms with Crippen LogP contribution in [0.1, 0.15) is 24.6 Å². The van der Waals surface area contributed by atoms with Gasteiger partial charge in [-0.1, -0.05) is 6.92 Å². The molecule has 0 aliphatic carbocycles. The van der Waals surface area contributed by atoms with E-state index in [-0.39, 0.29) is 5.56 Å². The molecule has 3 heterocycles. The van der Waals surface area contributed by atoms with Crippen LogP contribution in [0.25, 0.3) is 11.4 Å². The zero-order valence-electron chi connectivity index (χ0n) is 12.3. The summed E-state index contributed by atoms with van der Waals surface area (Å²) in [4.78, 5) is 19.2. The molecule has 2 N–H and O–H groups in total. The van der Waals surface area contributed by atoms with E-state index in [1.165, 1.54) is 5.56 Å². The molecule has 3 rings (SSSR count). The molecule has 1 aliphatic heterocycles. The fourth-order valence-electron chi connectivity index (χ4n) is 2.89. The molecule has 112 valence electrons. The molecule has 21 heavy (non-hydrogen) atoms. The molecule has 0 radical (unpaired) electrons.